The smallest absolute Gasteiger partial charge is 0.161 e. The van der Waals surface area contributed by atoms with E-state index in [-0.39, 0.29) is 0 Å². The summed E-state index contributed by atoms with van der Waals surface area (Å²) in [5.41, 5.74) is 1.30. The van der Waals surface area contributed by atoms with Gasteiger partial charge in [0.1, 0.15) is 0 Å². The van der Waals surface area contributed by atoms with Gasteiger partial charge in [-0.1, -0.05) is 19.9 Å². The van der Waals surface area contributed by atoms with Gasteiger partial charge < -0.3 is 9.47 Å². The first kappa shape index (κ1) is 11.9. The zero-order chi connectivity index (χ0) is 11.3. The zero-order valence-electron chi connectivity index (χ0n) is 10.0. The van der Waals surface area contributed by atoms with Gasteiger partial charge in [0, 0.05) is 0 Å². The molecule has 0 aromatic heterocycles. The number of ether oxygens (including phenoxy) is 2. The van der Waals surface area contributed by atoms with Crippen LogP contribution in [-0.4, -0.2) is 13.7 Å². The number of hydrogen-bond donors (Lipinski definition) is 0. The first-order valence-electron chi connectivity index (χ1n) is 5.47. The van der Waals surface area contributed by atoms with E-state index in [0.29, 0.717) is 12.5 Å². The van der Waals surface area contributed by atoms with Gasteiger partial charge in [-0.25, -0.2) is 0 Å². The molecule has 1 rings (SSSR count). The molecule has 0 saturated carbocycles. The Hall–Kier alpha value is -1.18. The van der Waals surface area contributed by atoms with Gasteiger partial charge in [0.15, 0.2) is 11.5 Å². The van der Waals surface area contributed by atoms with E-state index in [0.717, 1.165) is 17.9 Å². The highest BCUT2D eigenvalue weighted by Crippen LogP contribution is 2.28. The Morgan fingerprint density at radius 1 is 1.20 bits per heavy atom. The fourth-order valence-electron chi connectivity index (χ4n) is 1.59. The van der Waals surface area contributed by atoms with Crippen molar-refractivity contribution in [2.75, 3.05) is 13.7 Å². The van der Waals surface area contributed by atoms with E-state index in [1.807, 2.05) is 13.0 Å². The van der Waals surface area contributed by atoms with Gasteiger partial charge in [0.05, 0.1) is 13.7 Å². The molecule has 0 fully saturated rings. The van der Waals surface area contributed by atoms with E-state index in [1.165, 1.54) is 5.56 Å². The van der Waals surface area contributed by atoms with Crippen molar-refractivity contribution >= 4 is 0 Å². The fourth-order valence-corrected chi connectivity index (χ4v) is 1.59. The third-order valence-corrected chi connectivity index (χ3v) is 2.17. The first-order valence-corrected chi connectivity index (χ1v) is 5.47. The molecule has 2 heteroatoms. The van der Waals surface area contributed by atoms with E-state index in [4.69, 9.17) is 9.47 Å². The number of hydrogen-bond acceptors (Lipinski definition) is 2. The maximum Gasteiger partial charge on any atom is 0.161 e. The topological polar surface area (TPSA) is 18.5 Å². The highest BCUT2D eigenvalue weighted by molar-refractivity contribution is 5.43. The molecule has 0 spiro atoms. The second-order valence-electron chi connectivity index (χ2n) is 4.02. The van der Waals surface area contributed by atoms with E-state index < -0.39 is 0 Å². The predicted molar refractivity (Wildman–Crippen MR) is 62.7 cm³/mol. The minimum absolute atomic E-state index is 0.660. The molecule has 15 heavy (non-hydrogen) atoms. The van der Waals surface area contributed by atoms with Crippen molar-refractivity contribution < 1.29 is 9.47 Å². The third kappa shape index (κ3) is 3.46. The lowest BCUT2D eigenvalue weighted by molar-refractivity contribution is 0.310. The minimum Gasteiger partial charge on any atom is -0.493 e. The van der Waals surface area contributed by atoms with Crippen molar-refractivity contribution in [1.29, 1.82) is 0 Å². The molecule has 0 N–H and O–H groups in total. The van der Waals surface area contributed by atoms with Gasteiger partial charge in [0.25, 0.3) is 0 Å². The van der Waals surface area contributed by atoms with Crippen molar-refractivity contribution in [3.8, 4) is 11.5 Å². The Kier molecular flexibility index (Phi) is 4.47. The third-order valence-electron chi connectivity index (χ3n) is 2.17. The summed E-state index contributed by atoms with van der Waals surface area (Å²) in [6.45, 7) is 7.07. The molecular weight excluding hydrogens is 188 g/mol. The minimum atomic E-state index is 0.660. The summed E-state index contributed by atoms with van der Waals surface area (Å²) in [5.74, 6) is 2.32. The van der Waals surface area contributed by atoms with Crippen LogP contribution in [0.4, 0.5) is 0 Å². The molecule has 0 aliphatic carbocycles. The van der Waals surface area contributed by atoms with Crippen molar-refractivity contribution in [3.05, 3.63) is 23.8 Å². The van der Waals surface area contributed by atoms with Crippen LogP contribution in [0.2, 0.25) is 0 Å². The average Bonchev–Trinajstić information content (AvgIpc) is 2.18. The lowest BCUT2D eigenvalue weighted by atomic mass is 10.0. The lowest BCUT2D eigenvalue weighted by Gasteiger charge is -2.12. The maximum atomic E-state index is 5.53. The van der Waals surface area contributed by atoms with Gasteiger partial charge in [0.2, 0.25) is 0 Å². The van der Waals surface area contributed by atoms with Gasteiger partial charge >= 0.3 is 0 Å². The summed E-state index contributed by atoms with van der Waals surface area (Å²) < 4.78 is 10.8. The first-order chi connectivity index (χ1) is 7.17. The fraction of sp³-hybridized carbons (Fsp3) is 0.538. The number of methoxy groups -OCH3 is 1. The van der Waals surface area contributed by atoms with Crippen LogP contribution in [0.25, 0.3) is 0 Å². The molecule has 0 saturated heterocycles. The van der Waals surface area contributed by atoms with Crippen LogP contribution in [0.3, 0.4) is 0 Å². The Morgan fingerprint density at radius 3 is 2.47 bits per heavy atom. The number of rotatable bonds is 5. The lowest BCUT2D eigenvalue weighted by Crippen LogP contribution is -1.98. The van der Waals surface area contributed by atoms with Crippen LogP contribution in [-0.2, 0) is 6.42 Å². The molecule has 1 aromatic rings. The van der Waals surface area contributed by atoms with Crippen molar-refractivity contribution in [2.45, 2.75) is 27.2 Å². The molecule has 2 nitrogen and oxygen atoms in total. The summed E-state index contributed by atoms with van der Waals surface area (Å²) >= 11 is 0. The van der Waals surface area contributed by atoms with E-state index in [1.54, 1.807) is 7.11 Å². The van der Waals surface area contributed by atoms with Crippen LogP contribution in [0.5, 0.6) is 11.5 Å². The van der Waals surface area contributed by atoms with Gasteiger partial charge in [-0.15, -0.1) is 0 Å². The Bertz CT molecular complexity index is 305. The molecule has 0 atom stereocenters. The summed E-state index contributed by atoms with van der Waals surface area (Å²) in [5, 5.41) is 0. The molecule has 84 valence electrons. The van der Waals surface area contributed by atoms with Crippen LogP contribution >= 0.6 is 0 Å². The van der Waals surface area contributed by atoms with Crippen LogP contribution in [0.15, 0.2) is 18.2 Å². The van der Waals surface area contributed by atoms with E-state index >= 15 is 0 Å². The SMILES string of the molecule is CCOc1cc(CC(C)C)ccc1OC. The predicted octanol–water partition coefficient (Wildman–Crippen LogP) is 3.29. The summed E-state index contributed by atoms with van der Waals surface area (Å²) in [4.78, 5) is 0. The average molecular weight is 208 g/mol. The molecule has 0 bridgehead atoms. The summed E-state index contributed by atoms with van der Waals surface area (Å²) in [6.07, 6.45) is 1.07. The molecular formula is C13H20O2. The van der Waals surface area contributed by atoms with Gasteiger partial charge in [-0.3, -0.25) is 0 Å². The zero-order valence-corrected chi connectivity index (χ0v) is 10.0. The Morgan fingerprint density at radius 2 is 1.93 bits per heavy atom. The van der Waals surface area contributed by atoms with Crippen LogP contribution < -0.4 is 9.47 Å². The normalized spacial score (nSPS) is 10.5. The van der Waals surface area contributed by atoms with Crippen LogP contribution in [0, 0.1) is 5.92 Å². The quantitative estimate of drug-likeness (QED) is 0.739. The van der Waals surface area contributed by atoms with E-state index in [2.05, 4.69) is 26.0 Å². The monoisotopic (exact) mass is 208 g/mol. The largest absolute Gasteiger partial charge is 0.493 e. The molecule has 0 aliphatic heterocycles. The molecule has 0 unspecified atom stereocenters. The second-order valence-corrected chi connectivity index (χ2v) is 4.02. The van der Waals surface area contributed by atoms with Gasteiger partial charge in [-0.05, 0) is 37.0 Å². The highest BCUT2D eigenvalue weighted by Gasteiger charge is 2.06. The Labute approximate surface area is 92.2 Å². The Balaban J connectivity index is 2.88. The molecule has 0 aliphatic rings. The van der Waals surface area contributed by atoms with E-state index in [9.17, 15) is 0 Å². The molecule has 0 amide bonds. The summed E-state index contributed by atoms with van der Waals surface area (Å²) in [6, 6.07) is 6.15. The van der Waals surface area contributed by atoms with Crippen molar-refractivity contribution in [3.63, 3.8) is 0 Å². The summed E-state index contributed by atoms with van der Waals surface area (Å²) in [7, 11) is 1.67. The maximum absolute atomic E-state index is 5.53. The van der Waals surface area contributed by atoms with Crippen LogP contribution in [0.1, 0.15) is 26.3 Å². The standard InChI is InChI=1S/C13H20O2/c1-5-15-13-9-11(8-10(2)3)6-7-12(13)14-4/h6-7,9-10H,5,8H2,1-4H3. The second kappa shape index (κ2) is 5.64. The molecule has 0 radical (unpaired) electrons. The van der Waals surface area contributed by atoms with Crippen molar-refractivity contribution in [2.24, 2.45) is 5.92 Å². The number of benzene rings is 1. The van der Waals surface area contributed by atoms with Gasteiger partial charge in [-0.2, -0.15) is 0 Å². The highest BCUT2D eigenvalue weighted by atomic mass is 16.5. The molecule has 1 aromatic carbocycles. The van der Waals surface area contributed by atoms with Crippen molar-refractivity contribution in [1.82, 2.24) is 0 Å². The molecule has 0 heterocycles.